The Labute approximate surface area is 120 Å². The zero-order valence-electron chi connectivity index (χ0n) is 12.0. The summed E-state index contributed by atoms with van der Waals surface area (Å²) in [6.07, 6.45) is 1.99. The fourth-order valence-electron chi connectivity index (χ4n) is 2.38. The van der Waals surface area contributed by atoms with Crippen LogP contribution >= 0.6 is 0 Å². The maximum atomic E-state index is 12.3. The second-order valence-corrected chi connectivity index (χ2v) is 5.33. The highest BCUT2D eigenvalue weighted by Crippen LogP contribution is 2.36. The zero-order valence-corrected chi connectivity index (χ0v) is 12.0. The Kier molecular flexibility index (Phi) is 4.41. The SMILES string of the molecule is CC(OCc1ccccc1)C(=O)N(C)C1(C#N)CCC1. The molecule has 1 aromatic rings. The molecule has 1 amide bonds. The third kappa shape index (κ3) is 2.83. The summed E-state index contributed by atoms with van der Waals surface area (Å²) < 4.78 is 5.62. The molecule has 0 heterocycles. The van der Waals surface area contributed by atoms with Gasteiger partial charge in [-0.1, -0.05) is 30.3 Å². The molecule has 2 rings (SSSR count). The van der Waals surface area contributed by atoms with Crippen LogP contribution in [0.5, 0.6) is 0 Å². The molecule has 0 N–H and O–H groups in total. The molecule has 0 saturated heterocycles. The Morgan fingerprint density at radius 3 is 2.60 bits per heavy atom. The molecule has 0 bridgehead atoms. The van der Waals surface area contributed by atoms with Crippen LogP contribution in [-0.4, -0.2) is 29.5 Å². The molecule has 20 heavy (non-hydrogen) atoms. The van der Waals surface area contributed by atoms with Gasteiger partial charge in [-0.15, -0.1) is 0 Å². The van der Waals surface area contributed by atoms with Crippen molar-refractivity contribution in [2.75, 3.05) is 7.05 Å². The summed E-state index contributed by atoms with van der Waals surface area (Å²) in [6.45, 7) is 2.15. The molecule has 0 aromatic heterocycles. The molecule has 1 aromatic carbocycles. The first-order chi connectivity index (χ1) is 9.59. The Bertz CT molecular complexity index is 503. The van der Waals surface area contributed by atoms with E-state index >= 15 is 0 Å². The highest BCUT2D eigenvalue weighted by Gasteiger charge is 2.44. The summed E-state index contributed by atoms with van der Waals surface area (Å²) in [5, 5.41) is 9.26. The van der Waals surface area contributed by atoms with E-state index in [0.717, 1.165) is 24.8 Å². The molecule has 4 heteroatoms. The van der Waals surface area contributed by atoms with Gasteiger partial charge in [-0.3, -0.25) is 4.79 Å². The average molecular weight is 272 g/mol. The second kappa shape index (κ2) is 6.06. The lowest BCUT2D eigenvalue weighted by atomic mass is 9.76. The molecule has 1 aliphatic rings. The molecule has 106 valence electrons. The topological polar surface area (TPSA) is 53.3 Å². The lowest BCUT2D eigenvalue weighted by Crippen LogP contribution is -2.55. The van der Waals surface area contributed by atoms with E-state index in [1.54, 1.807) is 18.9 Å². The fourth-order valence-corrected chi connectivity index (χ4v) is 2.38. The van der Waals surface area contributed by atoms with Gasteiger partial charge in [0.1, 0.15) is 11.6 Å². The number of amides is 1. The minimum atomic E-state index is -0.610. The highest BCUT2D eigenvalue weighted by molar-refractivity contribution is 5.81. The molecule has 0 spiro atoms. The van der Waals surface area contributed by atoms with Crippen molar-refractivity contribution in [1.82, 2.24) is 4.90 Å². The third-order valence-electron chi connectivity index (χ3n) is 4.05. The van der Waals surface area contributed by atoms with Crippen molar-refractivity contribution >= 4 is 5.91 Å². The van der Waals surface area contributed by atoms with Crippen LogP contribution < -0.4 is 0 Å². The molecular formula is C16H20N2O2. The van der Waals surface area contributed by atoms with Crippen LogP contribution in [0.25, 0.3) is 0 Å². The number of carbonyl (C=O) groups excluding carboxylic acids is 1. The fraction of sp³-hybridized carbons (Fsp3) is 0.500. The van der Waals surface area contributed by atoms with Gasteiger partial charge in [-0.05, 0) is 31.7 Å². The van der Waals surface area contributed by atoms with E-state index in [1.165, 1.54) is 0 Å². The molecule has 1 unspecified atom stereocenters. The van der Waals surface area contributed by atoms with Crippen LogP contribution in [0.3, 0.4) is 0 Å². The highest BCUT2D eigenvalue weighted by atomic mass is 16.5. The van der Waals surface area contributed by atoms with E-state index in [9.17, 15) is 10.1 Å². The van der Waals surface area contributed by atoms with Crippen LogP contribution in [-0.2, 0) is 16.1 Å². The first-order valence-electron chi connectivity index (χ1n) is 6.93. The number of hydrogen-bond donors (Lipinski definition) is 0. The monoisotopic (exact) mass is 272 g/mol. The zero-order chi connectivity index (χ0) is 14.6. The Morgan fingerprint density at radius 2 is 2.10 bits per heavy atom. The third-order valence-corrected chi connectivity index (χ3v) is 4.05. The normalized spacial score (nSPS) is 17.6. The standard InChI is InChI=1S/C16H20N2O2/c1-13(20-11-14-7-4-3-5-8-14)15(19)18(2)16(12-17)9-6-10-16/h3-5,7-8,13H,6,9-11H2,1-2H3. The number of nitrogens with zero attached hydrogens (tertiary/aromatic N) is 2. The van der Waals surface area contributed by atoms with Gasteiger partial charge in [0.15, 0.2) is 0 Å². The summed E-state index contributed by atoms with van der Waals surface area (Å²) in [4.78, 5) is 13.9. The number of hydrogen-bond acceptors (Lipinski definition) is 3. The van der Waals surface area contributed by atoms with E-state index in [4.69, 9.17) is 4.74 Å². The summed E-state index contributed by atoms with van der Waals surface area (Å²) in [7, 11) is 1.70. The van der Waals surface area contributed by atoms with Crippen molar-refractivity contribution in [1.29, 1.82) is 5.26 Å². The number of nitriles is 1. The van der Waals surface area contributed by atoms with Gasteiger partial charge in [-0.2, -0.15) is 5.26 Å². The summed E-state index contributed by atoms with van der Waals surface area (Å²) in [6, 6.07) is 12.0. The van der Waals surface area contributed by atoms with Crippen molar-refractivity contribution < 1.29 is 9.53 Å². The van der Waals surface area contributed by atoms with Gasteiger partial charge in [0.2, 0.25) is 0 Å². The van der Waals surface area contributed by atoms with Gasteiger partial charge in [0.25, 0.3) is 5.91 Å². The molecule has 1 fully saturated rings. The average Bonchev–Trinajstić information content (AvgIpc) is 2.44. The smallest absolute Gasteiger partial charge is 0.252 e. The van der Waals surface area contributed by atoms with Gasteiger partial charge < -0.3 is 9.64 Å². The molecular weight excluding hydrogens is 252 g/mol. The van der Waals surface area contributed by atoms with Crippen molar-refractivity contribution in [3.8, 4) is 6.07 Å². The van der Waals surface area contributed by atoms with Crippen molar-refractivity contribution in [3.63, 3.8) is 0 Å². The van der Waals surface area contributed by atoms with Gasteiger partial charge in [0.05, 0.1) is 12.7 Å². The number of carbonyl (C=O) groups is 1. The van der Waals surface area contributed by atoms with E-state index in [2.05, 4.69) is 6.07 Å². The number of benzene rings is 1. The Morgan fingerprint density at radius 1 is 1.45 bits per heavy atom. The molecule has 0 aliphatic heterocycles. The lowest BCUT2D eigenvalue weighted by Gasteiger charge is -2.43. The van der Waals surface area contributed by atoms with Crippen molar-refractivity contribution in [3.05, 3.63) is 35.9 Å². The van der Waals surface area contributed by atoms with Gasteiger partial charge in [-0.25, -0.2) is 0 Å². The molecule has 1 atom stereocenters. The first-order valence-corrected chi connectivity index (χ1v) is 6.93. The van der Waals surface area contributed by atoms with Gasteiger partial charge in [0, 0.05) is 7.05 Å². The van der Waals surface area contributed by atoms with E-state index < -0.39 is 11.6 Å². The predicted molar refractivity (Wildman–Crippen MR) is 75.7 cm³/mol. The summed E-state index contributed by atoms with van der Waals surface area (Å²) >= 11 is 0. The number of ether oxygens (including phenoxy) is 1. The molecule has 1 saturated carbocycles. The predicted octanol–water partition coefficient (Wildman–Crippen LogP) is 2.50. The number of likely N-dealkylation sites (N-methyl/N-ethyl adjacent to an activating group) is 1. The van der Waals surface area contributed by atoms with Gasteiger partial charge >= 0.3 is 0 Å². The lowest BCUT2D eigenvalue weighted by molar-refractivity contribution is -0.148. The van der Waals surface area contributed by atoms with E-state index in [0.29, 0.717) is 6.61 Å². The molecule has 1 aliphatic carbocycles. The van der Waals surface area contributed by atoms with Crippen molar-refractivity contribution in [2.24, 2.45) is 0 Å². The van der Waals surface area contributed by atoms with Crippen LogP contribution in [0.1, 0.15) is 31.7 Å². The van der Waals surface area contributed by atoms with E-state index in [-0.39, 0.29) is 5.91 Å². The largest absolute Gasteiger partial charge is 0.364 e. The van der Waals surface area contributed by atoms with Crippen LogP contribution in [0.4, 0.5) is 0 Å². The summed E-state index contributed by atoms with van der Waals surface area (Å²) in [5.74, 6) is -0.123. The first kappa shape index (κ1) is 14.5. The molecule has 4 nitrogen and oxygen atoms in total. The quantitative estimate of drug-likeness (QED) is 0.827. The maximum Gasteiger partial charge on any atom is 0.252 e. The number of rotatable bonds is 5. The molecule has 0 radical (unpaired) electrons. The summed E-state index contributed by atoms with van der Waals surface area (Å²) in [5.41, 5.74) is 0.426. The minimum absolute atomic E-state index is 0.123. The second-order valence-electron chi connectivity index (χ2n) is 5.33. The van der Waals surface area contributed by atoms with Crippen LogP contribution in [0.15, 0.2) is 30.3 Å². The maximum absolute atomic E-state index is 12.3. The van der Waals surface area contributed by atoms with Crippen LogP contribution in [0, 0.1) is 11.3 Å². The van der Waals surface area contributed by atoms with E-state index in [1.807, 2.05) is 30.3 Å². The Balaban J connectivity index is 1.90. The van der Waals surface area contributed by atoms with Crippen LogP contribution in [0.2, 0.25) is 0 Å². The van der Waals surface area contributed by atoms with Crippen molar-refractivity contribution in [2.45, 2.75) is 44.4 Å². The minimum Gasteiger partial charge on any atom is -0.364 e. The Hall–Kier alpha value is -1.86.